The van der Waals surface area contributed by atoms with Crippen LogP contribution in [-0.2, 0) is 4.79 Å². The van der Waals surface area contributed by atoms with Crippen LogP contribution < -0.4 is 10.1 Å². The molecule has 0 radical (unpaired) electrons. The van der Waals surface area contributed by atoms with E-state index < -0.39 is 6.10 Å². The molecular weight excluding hydrogens is 376 g/mol. The minimum atomic E-state index is -0.463. The molecule has 0 aromatic heterocycles. The van der Waals surface area contributed by atoms with Crippen LogP contribution in [-0.4, -0.2) is 42.7 Å². The molecule has 1 saturated heterocycles. The number of nitrogens with one attached hydrogen (secondary N) is 1. The summed E-state index contributed by atoms with van der Waals surface area (Å²) >= 11 is 6.03. The molecule has 150 valence electrons. The summed E-state index contributed by atoms with van der Waals surface area (Å²) in [7, 11) is 1.60. The minimum Gasteiger partial charge on any atom is -0.495 e. The van der Waals surface area contributed by atoms with Crippen molar-refractivity contribution in [2.24, 2.45) is 5.92 Å². The third-order valence-electron chi connectivity index (χ3n) is 5.30. The molecule has 6 heteroatoms. The average Bonchev–Trinajstić information content (AvgIpc) is 2.74. The number of likely N-dealkylation sites (tertiary alicyclic amines) is 1. The number of ether oxygens (including phenoxy) is 1. The maximum Gasteiger partial charge on any atom is 0.224 e. The number of benzene rings is 2. The van der Waals surface area contributed by atoms with Gasteiger partial charge in [-0.3, -0.25) is 4.79 Å². The van der Waals surface area contributed by atoms with Crippen molar-refractivity contribution >= 4 is 23.2 Å². The van der Waals surface area contributed by atoms with E-state index in [1.807, 2.05) is 35.2 Å². The number of rotatable bonds is 7. The van der Waals surface area contributed by atoms with Crippen LogP contribution in [0.5, 0.6) is 5.75 Å². The van der Waals surface area contributed by atoms with E-state index in [1.54, 1.807) is 25.3 Å². The first-order valence-electron chi connectivity index (χ1n) is 9.66. The summed E-state index contributed by atoms with van der Waals surface area (Å²) in [5.41, 5.74) is 1.74. The highest BCUT2D eigenvalue weighted by molar-refractivity contribution is 6.30. The largest absolute Gasteiger partial charge is 0.495 e. The molecule has 2 N–H and O–H groups in total. The van der Waals surface area contributed by atoms with E-state index in [0.717, 1.165) is 24.1 Å². The van der Waals surface area contributed by atoms with E-state index in [2.05, 4.69) is 5.32 Å². The van der Waals surface area contributed by atoms with Crippen LogP contribution in [0.1, 0.15) is 30.9 Å². The molecule has 0 aliphatic carbocycles. The number of nitrogens with zero attached hydrogens (tertiary/aromatic N) is 1. The number of aliphatic hydroxyl groups excluding tert-OH is 1. The molecule has 1 heterocycles. The number of methoxy groups -OCH3 is 1. The van der Waals surface area contributed by atoms with Crippen LogP contribution in [0.2, 0.25) is 5.02 Å². The zero-order valence-electron chi connectivity index (χ0n) is 16.1. The maximum atomic E-state index is 12.5. The molecule has 0 spiro atoms. The van der Waals surface area contributed by atoms with E-state index >= 15 is 0 Å². The van der Waals surface area contributed by atoms with Crippen molar-refractivity contribution in [3.63, 3.8) is 0 Å². The Morgan fingerprint density at radius 1 is 1.25 bits per heavy atom. The third kappa shape index (κ3) is 5.18. The number of hydrogen-bond donors (Lipinski definition) is 2. The second-order valence-corrected chi connectivity index (χ2v) is 7.53. The Bertz CT molecular complexity index is 777. The van der Waals surface area contributed by atoms with Crippen LogP contribution in [0.3, 0.4) is 0 Å². The fourth-order valence-electron chi connectivity index (χ4n) is 3.67. The summed E-state index contributed by atoms with van der Waals surface area (Å²) in [5.74, 6) is 1.02. The van der Waals surface area contributed by atoms with Gasteiger partial charge in [0.05, 0.1) is 18.9 Å². The summed E-state index contributed by atoms with van der Waals surface area (Å²) in [6.45, 7) is 1.89. The smallest absolute Gasteiger partial charge is 0.224 e. The van der Waals surface area contributed by atoms with Crippen molar-refractivity contribution in [2.45, 2.75) is 25.4 Å². The molecule has 1 amide bonds. The lowest BCUT2D eigenvalue weighted by atomic mass is 9.87. The number of piperidine rings is 1. The molecule has 1 atom stereocenters. The fraction of sp³-hybridized carbons (Fsp3) is 0.409. The van der Waals surface area contributed by atoms with Crippen LogP contribution >= 0.6 is 11.6 Å². The predicted molar refractivity (Wildman–Crippen MR) is 112 cm³/mol. The molecule has 1 aliphatic rings. The first kappa shape index (κ1) is 20.5. The van der Waals surface area contributed by atoms with Gasteiger partial charge in [0.2, 0.25) is 5.91 Å². The molecule has 28 heavy (non-hydrogen) atoms. The SMILES string of the molecule is COc1ccc(Cl)cc1NCCC(=O)N1CCC(C(O)c2ccccc2)CC1. The number of amides is 1. The van der Waals surface area contributed by atoms with Gasteiger partial charge >= 0.3 is 0 Å². The summed E-state index contributed by atoms with van der Waals surface area (Å²) in [6.07, 6.45) is 1.58. The number of halogens is 1. The molecule has 2 aromatic rings. The molecule has 5 nitrogen and oxygen atoms in total. The number of hydrogen-bond acceptors (Lipinski definition) is 4. The summed E-state index contributed by atoms with van der Waals surface area (Å²) in [4.78, 5) is 14.4. The first-order valence-corrected chi connectivity index (χ1v) is 10.0. The average molecular weight is 403 g/mol. The van der Waals surface area contributed by atoms with E-state index in [0.29, 0.717) is 36.8 Å². The molecule has 1 unspecified atom stereocenters. The Morgan fingerprint density at radius 3 is 2.64 bits per heavy atom. The third-order valence-corrected chi connectivity index (χ3v) is 5.53. The minimum absolute atomic E-state index is 0.126. The first-order chi connectivity index (χ1) is 13.6. The van der Waals surface area contributed by atoms with Crippen molar-refractivity contribution in [1.29, 1.82) is 0 Å². The van der Waals surface area contributed by atoms with Crippen molar-refractivity contribution in [2.75, 3.05) is 32.1 Å². The van der Waals surface area contributed by atoms with Crippen molar-refractivity contribution < 1.29 is 14.6 Å². The highest BCUT2D eigenvalue weighted by Crippen LogP contribution is 2.31. The Hall–Kier alpha value is -2.24. The van der Waals surface area contributed by atoms with Gasteiger partial charge in [0.1, 0.15) is 5.75 Å². The van der Waals surface area contributed by atoms with E-state index in [9.17, 15) is 9.90 Å². The van der Waals surface area contributed by atoms with Gasteiger partial charge in [0, 0.05) is 31.1 Å². The summed E-state index contributed by atoms with van der Waals surface area (Å²) < 4.78 is 5.30. The molecule has 0 saturated carbocycles. The molecule has 0 bridgehead atoms. The zero-order chi connectivity index (χ0) is 19.9. The predicted octanol–water partition coefficient (Wildman–Crippen LogP) is 4.12. The van der Waals surface area contributed by atoms with E-state index in [-0.39, 0.29) is 11.8 Å². The van der Waals surface area contributed by atoms with Gasteiger partial charge in [0.15, 0.2) is 0 Å². The second kappa shape index (κ2) is 9.80. The van der Waals surface area contributed by atoms with Crippen LogP contribution in [0.25, 0.3) is 0 Å². The quantitative estimate of drug-likeness (QED) is 0.731. The highest BCUT2D eigenvalue weighted by atomic mass is 35.5. The highest BCUT2D eigenvalue weighted by Gasteiger charge is 2.28. The number of carbonyl (C=O) groups is 1. The normalized spacial score (nSPS) is 15.9. The van der Waals surface area contributed by atoms with Crippen LogP contribution in [0, 0.1) is 5.92 Å². The molecule has 1 fully saturated rings. The topological polar surface area (TPSA) is 61.8 Å². The monoisotopic (exact) mass is 402 g/mol. The van der Waals surface area contributed by atoms with Gasteiger partial charge in [-0.1, -0.05) is 41.9 Å². The Kier molecular flexibility index (Phi) is 7.18. The molecule has 2 aromatic carbocycles. The van der Waals surface area contributed by atoms with E-state index in [4.69, 9.17) is 16.3 Å². The van der Waals surface area contributed by atoms with Crippen molar-refractivity contribution in [1.82, 2.24) is 4.90 Å². The lowest BCUT2D eigenvalue weighted by Crippen LogP contribution is -2.40. The lowest BCUT2D eigenvalue weighted by molar-refractivity contribution is -0.132. The number of aliphatic hydroxyl groups is 1. The number of carbonyl (C=O) groups excluding carboxylic acids is 1. The zero-order valence-corrected chi connectivity index (χ0v) is 16.9. The van der Waals surface area contributed by atoms with Crippen LogP contribution in [0.15, 0.2) is 48.5 Å². The fourth-order valence-corrected chi connectivity index (χ4v) is 3.84. The lowest BCUT2D eigenvalue weighted by Gasteiger charge is -2.34. The summed E-state index contributed by atoms with van der Waals surface area (Å²) in [5, 5.41) is 14.4. The standard InChI is InChI=1S/C22H27ClN2O3/c1-28-20-8-7-18(23)15-19(20)24-12-9-21(26)25-13-10-17(11-14-25)22(27)16-5-3-2-4-6-16/h2-8,15,17,22,24,27H,9-14H2,1H3. The Morgan fingerprint density at radius 2 is 1.96 bits per heavy atom. The van der Waals surface area contributed by atoms with Crippen molar-refractivity contribution in [3.8, 4) is 5.75 Å². The van der Waals surface area contributed by atoms with Gasteiger partial charge in [-0.15, -0.1) is 0 Å². The second-order valence-electron chi connectivity index (χ2n) is 7.10. The maximum absolute atomic E-state index is 12.5. The Balaban J connectivity index is 1.45. The molecular formula is C22H27ClN2O3. The van der Waals surface area contributed by atoms with Gasteiger partial charge in [-0.05, 0) is 42.5 Å². The Labute approximate surface area is 171 Å². The van der Waals surface area contributed by atoms with Crippen LogP contribution in [0.4, 0.5) is 5.69 Å². The van der Waals surface area contributed by atoms with Gasteiger partial charge in [-0.2, -0.15) is 0 Å². The van der Waals surface area contributed by atoms with Gasteiger partial charge in [0.25, 0.3) is 0 Å². The van der Waals surface area contributed by atoms with E-state index in [1.165, 1.54) is 0 Å². The molecule has 1 aliphatic heterocycles. The summed E-state index contributed by atoms with van der Waals surface area (Å²) in [6, 6.07) is 15.1. The number of anilines is 1. The molecule has 3 rings (SSSR count). The van der Waals surface area contributed by atoms with Crippen molar-refractivity contribution in [3.05, 3.63) is 59.1 Å². The van der Waals surface area contributed by atoms with Gasteiger partial charge < -0.3 is 20.1 Å². The van der Waals surface area contributed by atoms with Gasteiger partial charge in [-0.25, -0.2) is 0 Å².